The summed E-state index contributed by atoms with van der Waals surface area (Å²) in [6, 6.07) is 10.7. The fourth-order valence-corrected chi connectivity index (χ4v) is 3.65. The lowest BCUT2D eigenvalue weighted by atomic mass is 10.3. The van der Waals surface area contributed by atoms with Gasteiger partial charge >= 0.3 is 0 Å². The Morgan fingerprint density at radius 1 is 1.21 bits per heavy atom. The summed E-state index contributed by atoms with van der Waals surface area (Å²) in [5.74, 6) is 0.963. The van der Waals surface area contributed by atoms with Gasteiger partial charge in [-0.25, -0.2) is 19.0 Å². The van der Waals surface area contributed by atoms with E-state index in [0.717, 1.165) is 11.5 Å². The molecule has 0 radical (unpaired) electrons. The Kier molecular flexibility index (Phi) is 3.98. The topological polar surface area (TPSA) is 90.9 Å². The van der Waals surface area contributed by atoms with Crippen LogP contribution in [0.2, 0.25) is 0 Å². The molecule has 0 saturated carbocycles. The highest BCUT2D eigenvalue weighted by Gasteiger charge is 2.33. The maximum absolute atomic E-state index is 13.4. The fraction of sp³-hybridized carbons (Fsp3) is 0.250. The second-order valence-corrected chi connectivity index (χ2v) is 7.02. The van der Waals surface area contributed by atoms with Crippen molar-refractivity contribution in [2.24, 2.45) is 0 Å². The van der Waals surface area contributed by atoms with Crippen LogP contribution < -0.4 is 9.80 Å². The Balaban J connectivity index is 1.37. The second kappa shape index (κ2) is 6.67. The SMILES string of the molecule is N#Cc1cccc(N2Cc3nn(-c4ccc(N5CC[C@@H](F)C5)nc4)cc3C2=O)n1. The summed E-state index contributed by atoms with van der Waals surface area (Å²) < 4.78 is 15.0. The van der Waals surface area contributed by atoms with Crippen LogP contribution in [0, 0.1) is 11.3 Å². The number of fused-ring (bicyclic) bond motifs is 1. The predicted molar refractivity (Wildman–Crippen MR) is 103 cm³/mol. The zero-order chi connectivity index (χ0) is 20.0. The lowest BCUT2D eigenvalue weighted by molar-refractivity contribution is 0.0995. The Bertz CT molecular complexity index is 1130. The van der Waals surface area contributed by atoms with Crippen molar-refractivity contribution in [1.82, 2.24) is 19.7 Å². The summed E-state index contributed by atoms with van der Waals surface area (Å²) in [4.78, 5) is 24.8. The molecule has 0 unspecified atom stereocenters. The van der Waals surface area contributed by atoms with Crippen molar-refractivity contribution >= 4 is 17.5 Å². The molecule has 1 saturated heterocycles. The molecule has 0 aromatic carbocycles. The molecule has 2 aliphatic rings. The van der Waals surface area contributed by atoms with Crippen molar-refractivity contribution in [3.05, 3.63) is 59.7 Å². The van der Waals surface area contributed by atoms with Crippen molar-refractivity contribution in [1.29, 1.82) is 5.26 Å². The fourth-order valence-electron chi connectivity index (χ4n) is 3.65. The summed E-state index contributed by atoms with van der Waals surface area (Å²) in [5, 5.41) is 13.5. The molecule has 5 heterocycles. The summed E-state index contributed by atoms with van der Waals surface area (Å²) in [6.45, 7) is 1.32. The maximum Gasteiger partial charge on any atom is 0.263 e. The van der Waals surface area contributed by atoms with E-state index in [2.05, 4.69) is 15.1 Å². The van der Waals surface area contributed by atoms with E-state index in [9.17, 15) is 9.18 Å². The van der Waals surface area contributed by atoms with Gasteiger partial charge in [-0.2, -0.15) is 10.4 Å². The number of hydrogen-bond donors (Lipinski definition) is 0. The number of aromatic nitrogens is 4. The predicted octanol–water partition coefficient (Wildman–Crippen LogP) is 2.24. The molecule has 2 aliphatic heterocycles. The molecule has 9 heteroatoms. The number of pyridine rings is 2. The first-order valence-corrected chi connectivity index (χ1v) is 9.25. The van der Waals surface area contributed by atoms with Crippen LogP contribution in [0.1, 0.15) is 28.2 Å². The number of anilines is 2. The summed E-state index contributed by atoms with van der Waals surface area (Å²) in [6.07, 6.45) is 3.07. The van der Waals surface area contributed by atoms with E-state index in [1.54, 1.807) is 35.3 Å². The number of nitrogens with zero attached hydrogens (tertiary/aromatic N) is 7. The van der Waals surface area contributed by atoms with Crippen LogP contribution in [0.5, 0.6) is 0 Å². The monoisotopic (exact) mass is 389 g/mol. The summed E-state index contributed by atoms with van der Waals surface area (Å²) >= 11 is 0. The quantitative estimate of drug-likeness (QED) is 0.682. The van der Waals surface area contributed by atoms with Crippen molar-refractivity contribution in [2.75, 3.05) is 22.9 Å². The molecule has 0 bridgehead atoms. The lowest BCUT2D eigenvalue weighted by Gasteiger charge is -2.16. The van der Waals surface area contributed by atoms with Crippen LogP contribution in [0.3, 0.4) is 0 Å². The molecule has 0 spiro atoms. The molecule has 144 valence electrons. The van der Waals surface area contributed by atoms with Gasteiger partial charge < -0.3 is 4.90 Å². The van der Waals surface area contributed by atoms with Gasteiger partial charge in [0.2, 0.25) is 0 Å². The van der Waals surface area contributed by atoms with E-state index >= 15 is 0 Å². The lowest BCUT2D eigenvalue weighted by Crippen LogP contribution is -2.25. The van der Waals surface area contributed by atoms with Crippen LogP contribution in [0.25, 0.3) is 5.69 Å². The molecule has 5 rings (SSSR count). The van der Waals surface area contributed by atoms with E-state index in [1.807, 2.05) is 23.1 Å². The number of alkyl halides is 1. The Morgan fingerprint density at radius 2 is 2.10 bits per heavy atom. The molecular weight excluding hydrogens is 373 g/mol. The van der Waals surface area contributed by atoms with Gasteiger partial charge in [0.15, 0.2) is 0 Å². The number of hydrogen-bond acceptors (Lipinski definition) is 6. The first-order valence-electron chi connectivity index (χ1n) is 9.25. The first kappa shape index (κ1) is 17.3. The van der Waals surface area contributed by atoms with Crippen LogP contribution in [-0.2, 0) is 6.54 Å². The van der Waals surface area contributed by atoms with E-state index in [4.69, 9.17) is 5.26 Å². The highest BCUT2D eigenvalue weighted by atomic mass is 19.1. The van der Waals surface area contributed by atoms with Crippen molar-refractivity contribution in [3.8, 4) is 11.8 Å². The largest absolute Gasteiger partial charge is 0.354 e. The molecule has 1 amide bonds. The average molecular weight is 389 g/mol. The Hall–Kier alpha value is -3.80. The third kappa shape index (κ3) is 2.99. The van der Waals surface area contributed by atoms with E-state index in [-0.39, 0.29) is 11.6 Å². The molecule has 3 aromatic rings. The number of rotatable bonds is 3. The number of amides is 1. The number of nitriles is 1. The summed E-state index contributed by atoms with van der Waals surface area (Å²) in [7, 11) is 0. The molecule has 8 nitrogen and oxygen atoms in total. The second-order valence-electron chi connectivity index (χ2n) is 7.02. The molecule has 3 aromatic heterocycles. The van der Waals surface area contributed by atoms with Crippen molar-refractivity contribution in [2.45, 2.75) is 19.1 Å². The van der Waals surface area contributed by atoms with Gasteiger partial charge in [0.25, 0.3) is 5.91 Å². The maximum atomic E-state index is 13.4. The summed E-state index contributed by atoms with van der Waals surface area (Å²) in [5.41, 5.74) is 2.12. The Labute approximate surface area is 165 Å². The highest BCUT2D eigenvalue weighted by molar-refractivity contribution is 6.09. The normalized spacial score (nSPS) is 18.2. The van der Waals surface area contributed by atoms with Crippen LogP contribution in [0.15, 0.2) is 42.7 Å². The number of carbonyl (C=O) groups is 1. The minimum absolute atomic E-state index is 0.204. The van der Waals surface area contributed by atoms with Gasteiger partial charge in [0.05, 0.1) is 36.2 Å². The zero-order valence-corrected chi connectivity index (χ0v) is 15.4. The van der Waals surface area contributed by atoms with Gasteiger partial charge in [0, 0.05) is 12.7 Å². The van der Waals surface area contributed by atoms with Crippen molar-refractivity contribution in [3.63, 3.8) is 0 Å². The average Bonchev–Trinajstić information content (AvgIpc) is 3.44. The van der Waals surface area contributed by atoms with Crippen LogP contribution in [0.4, 0.5) is 16.0 Å². The van der Waals surface area contributed by atoms with Gasteiger partial charge in [-0.3, -0.25) is 9.69 Å². The number of carbonyl (C=O) groups excluding carboxylic acids is 1. The molecule has 1 fully saturated rings. The van der Waals surface area contributed by atoms with Gasteiger partial charge in [-0.05, 0) is 30.7 Å². The molecule has 29 heavy (non-hydrogen) atoms. The smallest absolute Gasteiger partial charge is 0.263 e. The Morgan fingerprint density at radius 3 is 2.79 bits per heavy atom. The van der Waals surface area contributed by atoms with Crippen molar-refractivity contribution < 1.29 is 9.18 Å². The third-order valence-corrected chi connectivity index (χ3v) is 5.15. The van der Waals surface area contributed by atoms with E-state index in [0.29, 0.717) is 43.1 Å². The molecule has 1 atom stereocenters. The molecule has 0 aliphatic carbocycles. The highest BCUT2D eigenvalue weighted by Crippen LogP contribution is 2.27. The van der Waals surface area contributed by atoms with E-state index in [1.165, 1.54) is 4.90 Å². The zero-order valence-electron chi connectivity index (χ0n) is 15.4. The van der Waals surface area contributed by atoms with Gasteiger partial charge in [-0.1, -0.05) is 6.07 Å². The third-order valence-electron chi connectivity index (χ3n) is 5.15. The first-order chi connectivity index (χ1) is 14.1. The minimum Gasteiger partial charge on any atom is -0.354 e. The van der Waals surface area contributed by atoms with Crippen LogP contribution in [-0.4, -0.2) is 44.9 Å². The molecular formula is C20H16FN7O. The number of halogens is 1. The standard InChI is InChI=1S/C20H16FN7O/c21-13-6-7-26(10-13)18-5-4-15(9-23-18)28-11-16-17(25-28)12-27(20(16)29)19-3-1-2-14(8-22)24-19/h1-5,9,11,13H,6-7,10,12H2/t13-/m1/s1. The van der Waals surface area contributed by atoms with Crippen LogP contribution >= 0.6 is 0 Å². The minimum atomic E-state index is -0.803. The molecule has 0 N–H and O–H groups in total. The van der Waals surface area contributed by atoms with Gasteiger partial charge in [0.1, 0.15) is 29.6 Å². The van der Waals surface area contributed by atoms with Gasteiger partial charge in [-0.15, -0.1) is 0 Å². The van der Waals surface area contributed by atoms with E-state index < -0.39 is 6.17 Å².